The summed E-state index contributed by atoms with van der Waals surface area (Å²) in [4.78, 5) is 16.9. The zero-order valence-electron chi connectivity index (χ0n) is 15.1. The molecular formula is C18H31N5O. The average molecular weight is 333 g/mol. The number of likely N-dealkylation sites (tertiary alicyclic amines) is 2. The summed E-state index contributed by atoms with van der Waals surface area (Å²) in [6, 6.07) is 0. The van der Waals surface area contributed by atoms with Crippen molar-refractivity contribution in [3.8, 4) is 0 Å². The molecule has 0 radical (unpaired) electrons. The highest BCUT2D eigenvalue weighted by Crippen LogP contribution is 2.20. The molecule has 2 aliphatic heterocycles. The second-order valence-electron chi connectivity index (χ2n) is 7.44. The molecule has 134 valence electrons. The molecule has 0 bridgehead atoms. The maximum Gasteiger partial charge on any atom is 0.234 e. The van der Waals surface area contributed by atoms with Crippen LogP contribution in [0.2, 0.25) is 0 Å². The van der Waals surface area contributed by atoms with E-state index in [-0.39, 0.29) is 5.91 Å². The molecule has 1 aromatic rings. The fourth-order valence-corrected chi connectivity index (χ4v) is 3.89. The zero-order valence-corrected chi connectivity index (χ0v) is 15.1. The predicted molar refractivity (Wildman–Crippen MR) is 94.7 cm³/mol. The number of aromatic nitrogens is 2. The van der Waals surface area contributed by atoms with Gasteiger partial charge in [-0.3, -0.25) is 19.7 Å². The number of nitrogens with zero attached hydrogens (tertiary/aromatic N) is 3. The number of H-pyrrole nitrogens is 1. The number of nitrogens with one attached hydrogen (secondary N) is 2. The molecule has 24 heavy (non-hydrogen) atoms. The molecule has 0 aromatic carbocycles. The monoisotopic (exact) mass is 333 g/mol. The normalized spacial score (nSPS) is 22.8. The van der Waals surface area contributed by atoms with E-state index in [4.69, 9.17) is 0 Å². The second kappa shape index (κ2) is 8.12. The zero-order chi connectivity index (χ0) is 16.9. The third-order valence-electron chi connectivity index (χ3n) is 5.44. The summed E-state index contributed by atoms with van der Waals surface area (Å²) in [6.45, 7) is 10.8. The van der Waals surface area contributed by atoms with Gasteiger partial charge in [0.15, 0.2) is 0 Å². The Bertz CT molecular complexity index is 530. The van der Waals surface area contributed by atoms with Crippen LogP contribution in [0.5, 0.6) is 0 Å². The minimum atomic E-state index is 0.192. The topological polar surface area (TPSA) is 64.3 Å². The number of hydrogen-bond acceptors (Lipinski definition) is 4. The van der Waals surface area contributed by atoms with Gasteiger partial charge in [0.25, 0.3) is 0 Å². The third kappa shape index (κ3) is 4.57. The second-order valence-corrected chi connectivity index (χ2v) is 7.44. The molecule has 2 aliphatic rings. The molecule has 6 heteroatoms. The number of piperidine rings is 1. The van der Waals surface area contributed by atoms with Crippen LogP contribution >= 0.6 is 0 Å². The van der Waals surface area contributed by atoms with E-state index < -0.39 is 0 Å². The molecule has 2 fully saturated rings. The number of carbonyl (C=O) groups excluding carboxylic acids is 1. The number of carbonyl (C=O) groups is 1. The smallest absolute Gasteiger partial charge is 0.234 e. The molecule has 2 saturated heterocycles. The van der Waals surface area contributed by atoms with Gasteiger partial charge in [0.05, 0.1) is 12.2 Å². The Hall–Kier alpha value is -1.40. The first-order valence-electron chi connectivity index (χ1n) is 9.33. The molecule has 0 spiro atoms. The SMILES string of the molecule is Cc1n[nH]c(C)c1CN1CCC(CNC(=O)CN2CCCCC2)C1. The average Bonchev–Trinajstić information content (AvgIpc) is 3.16. The minimum Gasteiger partial charge on any atom is -0.355 e. The lowest BCUT2D eigenvalue weighted by Crippen LogP contribution is -2.41. The highest BCUT2D eigenvalue weighted by Gasteiger charge is 2.24. The van der Waals surface area contributed by atoms with Crippen molar-refractivity contribution in [1.29, 1.82) is 0 Å². The Morgan fingerprint density at radius 2 is 2.00 bits per heavy atom. The quantitative estimate of drug-likeness (QED) is 0.827. The lowest BCUT2D eigenvalue weighted by atomic mass is 10.1. The van der Waals surface area contributed by atoms with Crippen LogP contribution in [0, 0.1) is 19.8 Å². The van der Waals surface area contributed by atoms with Crippen LogP contribution in [0.3, 0.4) is 0 Å². The predicted octanol–water partition coefficient (Wildman–Crippen LogP) is 1.45. The van der Waals surface area contributed by atoms with Gasteiger partial charge in [-0.1, -0.05) is 6.42 Å². The first kappa shape index (κ1) is 17.4. The van der Waals surface area contributed by atoms with Crippen LogP contribution in [0.25, 0.3) is 0 Å². The summed E-state index contributed by atoms with van der Waals surface area (Å²) >= 11 is 0. The van der Waals surface area contributed by atoms with Gasteiger partial charge in [0.2, 0.25) is 5.91 Å². The van der Waals surface area contributed by atoms with Crippen LogP contribution < -0.4 is 5.32 Å². The van der Waals surface area contributed by atoms with Gasteiger partial charge in [0.1, 0.15) is 0 Å². The molecule has 6 nitrogen and oxygen atoms in total. The van der Waals surface area contributed by atoms with Crippen molar-refractivity contribution >= 4 is 5.91 Å². The maximum atomic E-state index is 12.1. The maximum absolute atomic E-state index is 12.1. The van der Waals surface area contributed by atoms with Crippen LogP contribution in [0.4, 0.5) is 0 Å². The van der Waals surface area contributed by atoms with Gasteiger partial charge in [-0.15, -0.1) is 0 Å². The van der Waals surface area contributed by atoms with Crippen molar-refractivity contribution in [2.24, 2.45) is 5.92 Å². The molecule has 2 N–H and O–H groups in total. The molecule has 0 saturated carbocycles. The third-order valence-corrected chi connectivity index (χ3v) is 5.44. The number of amides is 1. The van der Waals surface area contributed by atoms with Gasteiger partial charge >= 0.3 is 0 Å². The number of rotatable bonds is 6. The van der Waals surface area contributed by atoms with E-state index >= 15 is 0 Å². The summed E-state index contributed by atoms with van der Waals surface area (Å²) in [5, 5.41) is 10.5. The van der Waals surface area contributed by atoms with Gasteiger partial charge < -0.3 is 5.32 Å². The largest absolute Gasteiger partial charge is 0.355 e. The number of aryl methyl sites for hydroxylation is 2. The van der Waals surface area contributed by atoms with Crippen LogP contribution in [-0.2, 0) is 11.3 Å². The molecule has 3 heterocycles. The van der Waals surface area contributed by atoms with Gasteiger partial charge in [-0.25, -0.2) is 0 Å². The summed E-state index contributed by atoms with van der Waals surface area (Å²) in [5.41, 5.74) is 3.60. The summed E-state index contributed by atoms with van der Waals surface area (Å²) in [6.07, 6.45) is 4.95. The highest BCUT2D eigenvalue weighted by atomic mass is 16.2. The summed E-state index contributed by atoms with van der Waals surface area (Å²) in [7, 11) is 0. The fourth-order valence-electron chi connectivity index (χ4n) is 3.89. The number of aromatic amines is 1. The Morgan fingerprint density at radius 1 is 1.21 bits per heavy atom. The summed E-state index contributed by atoms with van der Waals surface area (Å²) < 4.78 is 0. The lowest BCUT2D eigenvalue weighted by Gasteiger charge is -2.25. The van der Waals surface area contributed by atoms with Crippen LogP contribution in [-0.4, -0.2) is 65.2 Å². The molecular weight excluding hydrogens is 302 g/mol. The van der Waals surface area contributed by atoms with E-state index in [0.717, 1.165) is 45.0 Å². The first-order chi connectivity index (χ1) is 11.6. The minimum absolute atomic E-state index is 0.192. The van der Waals surface area contributed by atoms with E-state index in [1.54, 1.807) is 0 Å². The Labute approximate surface area is 145 Å². The van der Waals surface area contributed by atoms with Crippen molar-refractivity contribution in [2.75, 3.05) is 39.3 Å². The van der Waals surface area contributed by atoms with Gasteiger partial charge in [0, 0.05) is 30.9 Å². The summed E-state index contributed by atoms with van der Waals surface area (Å²) in [5.74, 6) is 0.764. The molecule has 3 rings (SSSR count). The van der Waals surface area contributed by atoms with Crippen molar-refractivity contribution in [3.63, 3.8) is 0 Å². The molecule has 1 amide bonds. The van der Waals surface area contributed by atoms with E-state index in [0.29, 0.717) is 12.5 Å². The first-order valence-corrected chi connectivity index (χ1v) is 9.33. The standard InChI is InChI=1S/C18H31N5O/c1-14-17(15(2)21-20-14)12-23-9-6-16(11-23)10-19-18(24)13-22-7-4-3-5-8-22/h16H,3-13H2,1-2H3,(H,19,24)(H,20,21). The van der Waals surface area contributed by atoms with Crippen molar-refractivity contribution in [2.45, 2.75) is 46.1 Å². The Kier molecular flexibility index (Phi) is 5.89. The molecule has 1 atom stereocenters. The van der Waals surface area contributed by atoms with Crippen molar-refractivity contribution < 1.29 is 4.79 Å². The Balaban J connectivity index is 1.37. The lowest BCUT2D eigenvalue weighted by molar-refractivity contribution is -0.122. The van der Waals surface area contributed by atoms with E-state index in [2.05, 4.69) is 39.2 Å². The van der Waals surface area contributed by atoms with Crippen molar-refractivity contribution in [1.82, 2.24) is 25.3 Å². The highest BCUT2D eigenvalue weighted by molar-refractivity contribution is 5.78. The Morgan fingerprint density at radius 3 is 2.71 bits per heavy atom. The van der Waals surface area contributed by atoms with Gasteiger partial charge in [-0.2, -0.15) is 5.10 Å². The fraction of sp³-hybridized carbons (Fsp3) is 0.778. The van der Waals surface area contributed by atoms with E-state index in [9.17, 15) is 4.79 Å². The number of hydrogen-bond donors (Lipinski definition) is 2. The molecule has 1 unspecified atom stereocenters. The molecule has 0 aliphatic carbocycles. The van der Waals surface area contributed by atoms with Crippen LogP contribution in [0.15, 0.2) is 0 Å². The van der Waals surface area contributed by atoms with E-state index in [1.807, 2.05) is 0 Å². The van der Waals surface area contributed by atoms with Gasteiger partial charge in [-0.05, 0) is 58.7 Å². The van der Waals surface area contributed by atoms with E-state index in [1.165, 1.54) is 36.9 Å². The molecule has 1 aromatic heterocycles. The van der Waals surface area contributed by atoms with Crippen molar-refractivity contribution in [3.05, 3.63) is 17.0 Å². The van der Waals surface area contributed by atoms with Crippen LogP contribution in [0.1, 0.15) is 42.6 Å².